The molecule has 1 heterocycles. The smallest absolute Gasteiger partial charge is 0.191 e. The van der Waals surface area contributed by atoms with Crippen molar-refractivity contribution in [2.45, 2.75) is 19.4 Å². The van der Waals surface area contributed by atoms with Crippen LogP contribution in [0, 0.1) is 0 Å². The maximum Gasteiger partial charge on any atom is 0.191 e. The molecule has 2 rings (SSSR count). The molecule has 0 saturated carbocycles. The van der Waals surface area contributed by atoms with Crippen molar-refractivity contribution in [1.82, 2.24) is 10.6 Å². The highest BCUT2D eigenvalue weighted by Gasteiger charge is 2.28. The maximum atomic E-state index is 11.5. The highest BCUT2D eigenvalue weighted by molar-refractivity contribution is 14.0. The van der Waals surface area contributed by atoms with Gasteiger partial charge >= 0.3 is 0 Å². The summed E-state index contributed by atoms with van der Waals surface area (Å²) >= 11 is 5.89. The SMILES string of the molecule is CCNC(=NCCOc1cccc(Cl)c1)NC1CCS(=O)(=O)C1.I. The molecule has 1 saturated heterocycles. The molecular formula is C15H23ClIN3O3S. The number of aliphatic imine (C=N–C) groups is 1. The summed E-state index contributed by atoms with van der Waals surface area (Å²) in [6.07, 6.45) is 0.617. The van der Waals surface area contributed by atoms with Gasteiger partial charge < -0.3 is 15.4 Å². The molecule has 6 nitrogen and oxygen atoms in total. The molecule has 0 spiro atoms. The lowest BCUT2D eigenvalue weighted by Crippen LogP contribution is -2.44. The Balaban J connectivity index is 0.00000288. The molecule has 136 valence electrons. The number of nitrogens with zero attached hydrogens (tertiary/aromatic N) is 1. The van der Waals surface area contributed by atoms with Crippen LogP contribution in [0.1, 0.15) is 13.3 Å². The van der Waals surface area contributed by atoms with Crippen molar-refractivity contribution in [2.75, 3.05) is 31.2 Å². The quantitative estimate of drug-likeness (QED) is 0.278. The topological polar surface area (TPSA) is 79.8 Å². The van der Waals surface area contributed by atoms with Crippen LogP contribution in [0.15, 0.2) is 29.3 Å². The molecule has 0 aliphatic carbocycles. The second kappa shape index (κ2) is 10.3. The van der Waals surface area contributed by atoms with Crippen LogP contribution in [0.4, 0.5) is 0 Å². The summed E-state index contributed by atoms with van der Waals surface area (Å²) in [5.41, 5.74) is 0. The molecular weight excluding hydrogens is 465 g/mol. The van der Waals surface area contributed by atoms with Gasteiger partial charge in [-0.25, -0.2) is 13.4 Å². The second-order valence-corrected chi connectivity index (χ2v) is 7.98. The highest BCUT2D eigenvalue weighted by Crippen LogP contribution is 2.16. The van der Waals surface area contributed by atoms with Crippen molar-refractivity contribution < 1.29 is 13.2 Å². The Morgan fingerprint density at radius 2 is 2.25 bits per heavy atom. The monoisotopic (exact) mass is 487 g/mol. The van der Waals surface area contributed by atoms with E-state index in [9.17, 15) is 8.42 Å². The minimum absolute atomic E-state index is 0. The molecule has 0 aromatic heterocycles. The minimum atomic E-state index is -2.90. The summed E-state index contributed by atoms with van der Waals surface area (Å²) < 4.78 is 28.6. The van der Waals surface area contributed by atoms with Gasteiger partial charge in [0, 0.05) is 17.6 Å². The Bertz CT molecular complexity index is 655. The van der Waals surface area contributed by atoms with E-state index in [4.69, 9.17) is 16.3 Å². The third kappa shape index (κ3) is 7.43. The third-order valence-electron chi connectivity index (χ3n) is 3.34. The summed E-state index contributed by atoms with van der Waals surface area (Å²) in [5.74, 6) is 1.72. The predicted molar refractivity (Wildman–Crippen MR) is 109 cm³/mol. The Labute approximate surface area is 165 Å². The number of sulfone groups is 1. The van der Waals surface area contributed by atoms with Gasteiger partial charge in [-0.2, -0.15) is 0 Å². The molecule has 0 amide bonds. The van der Waals surface area contributed by atoms with Crippen molar-refractivity contribution in [1.29, 1.82) is 0 Å². The second-order valence-electron chi connectivity index (χ2n) is 5.31. The number of hydrogen-bond donors (Lipinski definition) is 2. The summed E-state index contributed by atoms with van der Waals surface area (Å²) in [4.78, 5) is 4.40. The van der Waals surface area contributed by atoms with Gasteiger partial charge in [-0.1, -0.05) is 17.7 Å². The van der Waals surface area contributed by atoms with Crippen LogP contribution in [0.25, 0.3) is 0 Å². The molecule has 1 aromatic rings. The van der Waals surface area contributed by atoms with E-state index in [2.05, 4.69) is 15.6 Å². The van der Waals surface area contributed by atoms with E-state index >= 15 is 0 Å². The molecule has 1 aromatic carbocycles. The van der Waals surface area contributed by atoms with Crippen LogP contribution in [-0.2, 0) is 9.84 Å². The highest BCUT2D eigenvalue weighted by atomic mass is 127. The lowest BCUT2D eigenvalue weighted by Gasteiger charge is -2.15. The van der Waals surface area contributed by atoms with E-state index in [0.717, 1.165) is 0 Å². The van der Waals surface area contributed by atoms with Crippen molar-refractivity contribution in [2.24, 2.45) is 4.99 Å². The number of rotatable bonds is 6. The van der Waals surface area contributed by atoms with Crippen LogP contribution in [0.2, 0.25) is 5.02 Å². The molecule has 0 bridgehead atoms. The van der Waals surface area contributed by atoms with E-state index in [0.29, 0.717) is 42.8 Å². The van der Waals surface area contributed by atoms with Crippen molar-refractivity contribution in [3.05, 3.63) is 29.3 Å². The zero-order valence-corrected chi connectivity index (χ0v) is 17.4. The Morgan fingerprint density at radius 1 is 1.46 bits per heavy atom. The van der Waals surface area contributed by atoms with Crippen molar-refractivity contribution in [3.63, 3.8) is 0 Å². The average molecular weight is 488 g/mol. The number of benzene rings is 1. The van der Waals surface area contributed by atoms with Gasteiger partial charge in [0.1, 0.15) is 12.4 Å². The predicted octanol–water partition coefficient (Wildman–Crippen LogP) is 2.08. The maximum absolute atomic E-state index is 11.5. The summed E-state index contributed by atoms with van der Waals surface area (Å²) in [6.45, 7) is 3.55. The lowest BCUT2D eigenvalue weighted by atomic mass is 10.3. The molecule has 24 heavy (non-hydrogen) atoms. The van der Waals surface area contributed by atoms with Crippen LogP contribution in [0.5, 0.6) is 5.75 Å². The first-order valence-corrected chi connectivity index (χ1v) is 9.82. The van der Waals surface area contributed by atoms with E-state index < -0.39 is 9.84 Å². The van der Waals surface area contributed by atoms with Crippen LogP contribution in [0.3, 0.4) is 0 Å². The van der Waals surface area contributed by atoms with E-state index in [1.165, 1.54) is 0 Å². The van der Waals surface area contributed by atoms with Gasteiger partial charge in [0.15, 0.2) is 15.8 Å². The molecule has 2 N–H and O–H groups in total. The van der Waals surface area contributed by atoms with Crippen LogP contribution in [-0.4, -0.2) is 51.6 Å². The summed E-state index contributed by atoms with van der Waals surface area (Å²) in [6, 6.07) is 7.12. The molecule has 1 aliphatic heterocycles. The Kier molecular flexibility index (Phi) is 9.14. The first-order valence-electron chi connectivity index (χ1n) is 7.62. The van der Waals surface area contributed by atoms with Gasteiger partial charge in [0.05, 0.1) is 18.1 Å². The van der Waals surface area contributed by atoms with Gasteiger partial charge in [-0.3, -0.25) is 0 Å². The molecule has 0 radical (unpaired) electrons. The third-order valence-corrected chi connectivity index (χ3v) is 5.35. The van der Waals surface area contributed by atoms with Gasteiger partial charge in [-0.15, -0.1) is 24.0 Å². The molecule has 1 fully saturated rings. The molecule has 1 atom stereocenters. The Morgan fingerprint density at radius 3 is 2.88 bits per heavy atom. The number of hydrogen-bond acceptors (Lipinski definition) is 4. The van der Waals surface area contributed by atoms with Gasteiger partial charge in [0.25, 0.3) is 0 Å². The zero-order valence-electron chi connectivity index (χ0n) is 13.5. The van der Waals surface area contributed by atoms with Crippen LogP contribution < -0.4 is 15.4 Å². The molecule has 9 heteroatoms. The normalized spacial score (nSPS) is 19.4. The zero-order chi connectivity index (χ0) is 16.7. The van der Waals surface area contributed by atoms with Crippen molar-refractivity contribution >= 4 is 51.4 Å². The van der Waals surface area contributed by atoms with E-state index in [1.807, 2.05) is 19.1 Å². The van der Waals surface area contributed by atoms with Crippen LogP contribution >= 0.6 is 35.6 Å². The summed E-state index contributed by atoms with van der Waals surface area (Å²) in [7, 11) is -2.90. The number of halogens is 2. The van der Waals surface area contributed by atoms with E-state index in [-0.39, 0.29) is 41.5 Å². The standard InChI is InChI=1S/C15H22ClN3O3S.HI/c1-2-17-15(19-13-6-9-23(20,21)11-13)18-7-8-22-14-5-3-4-12(16)10-14;/h3-5,10,13H,2,6-9,11H2,1H3,(H2,17,18,19);1H. The van der Waals surface area contributed by atoms with E-state index in [1.54, 1.807) is 12.1 Å². The molecule has 1 unspecified atom stereocenters. The fourth-order valence-electron chi connectivity index (χ4n) is 2.30. The fourth-order valence-corrected chi connectivity index (χ4v) is 4.15. The fraction of sp³-hybridized carbons (Fsp3) is 0.533. The number of nitrogens with one attached hydrogen (secondary N) is 2. The summed E-state index contributed by atoms with van der Waals surface area (Å²) in [5, 5.41) is 6.90. The van der Waals surface area contributed by atoms with Gasteiger partial charge in [0.2, 0.25) is 0 Å². The minimum Gasteiger partial charge on any atom is -0.492 e. The first kappa shape index (κ1) is 21.3. The number of guanidine groups is 1. The average Bonchev–Trinajstić information content (AvgIpc) is 2.83. The molecule has 1 aliphatic rings. The largest absolute Gasteiger partial charge is 0.492 e. The lowest BCUT2D eigenvalue weighted by molar-refractivity contribution is 0.328. The first-order chi connectivity index (χ1) is 11.0. The Hall–Kier alpha value is -0.740. The van der Waals surface area contributed by atoms with Gasteiger partial charge in [-0.05, 0) is 31.5 Å². The van der Waals surface area contributed by atoms with Crippen molar-refractivity contribution in [3.8, 4) is 5.75 Å². The number of ether oxygens (including phenoxy) is 1.